The quantitative estimate of drug-likeness (QED) is 0.823. The predicted octanol–water partition coefficient (Wildman–Crippen LogP) is 1.15. The van der Waals surface area contributed by atoms with Crippen LogP contribution in [0.25, 0.3) is 0 Å². The number of fused-ring (bicyclic) bond motifs is 1. The summed E-state index contributed by atoms with van der Waals surface area (Å²) in [5, 5.41) is 4.25. The Morgan fingerprint density at radius 2 is 2.27 bits per heavy atom. The van der Waals surface area contributed by atoms with E-state index in [4.69, 9.17) is 9.47 Å². The minimum atomic E-state index is 0.0308. The first-order valence-corrected chi connectivity index (χ1v) is 8.90. The zero-order valence-electron chi connectivity index (χ0n) is 15.2. The van der Waals surface area contributed by atoms with Crippen molar-refractivity contribution in [1.82, 2.24) is 19.6 Å². The highest BCUT2D eigenvalue weighted by atomic mass is 16.5. The van der Waals surface area contributed by atoms with Crippen LogP contribution in [0.3, 0.4) is 0 Å². The van der Waals surface area contributed by atoms with Crippen molar-refractivity contribution in [1.29, 1.82) is 0 Å². The van der Waals surface area contributed by atoms with Gasteiger partial charge in [-0.1, -0.05) is 6.07 Å². The lowest BCUT2D eigenvalue weighted by Gasteiger charge is -2.36. The molecule has 2 saturated heterocycles. The number of benzene rings is 1. The molecule has 0 saturated carbocycles. The average molecular weight is 356 g/mol. The topological polar surface area (TPSA) is 59.8 Å². The van der Waals surface area contributed by atoms with Gasteiger partial charge < -0.3 is 14.4 Å². The Morgan fingerprint density at radius 3 is 3.04 bits per heavy atom. The van der Waals surface area contributed by atoms with Crippen molar-refractivity contribution < 1.29 is 14.3 Å². The van der Waals surface area contributed by atoms with Crippen molar-refractivity contribution >= 4 is 5.91 Å². The van der Waals surface area contributed by atoms with Crippen molar-refractivity contribution in [3.8, 4) is 5.75 Å². The molecule has 0 N–H and O–H groups in total. The van der Waals surface area contributed by atoms with E-state index < -0.39 is 0 Å². The summed E-state index contributed by atoms with van der Waals surface area (Å²) in [6, 6.07) is 7.54. The summed E-state index contributed by atoms with van der Waals surface area (Å²) in [6.07, 6.45) is 4.01. The number of hydrogen-bond acceptors (Lipinski definition) is 5. The Labute approximate surface area is 153 Å². The molecule has 0 unspecified atom stereocenters. The van der Waals surface area contributed by atoms with Gasteiger partial charge in [-0.2, -0.15) is 5.10 Å². The van der Waals surface area contributed by atoms with Crippen LogP contribution in [0.4, 0.5) is 0 Å². The van der Waals surface area contributed by atoms with Gasteiger partial charge in [0, 0.05) is 50.6 Å². The number of aryl methyl sites for hydroxylation is 1. The molecule has 7 heteroatoms. The standard InChI is InChI=1S/C19H24N4O3/c1-21-10-14(9-20-21)11-22-6-7-26-18-13-23(12-17(18)22)19(24)15-4-3-5-16(8-15)25-2/h3-5,8-10,17-18H,6-7,11-13H2,1-2H3/t17-,18+/m1/s1. The van der Waals surface area contributed by atoms with Crippen LogP contribution in [0.1, 0.15) is 15.9 Å². The van der Waals surface area contributed by atoms with Crippen LogP contribution >= 0.6 is 0 Å². The number of ether oxygens (including phenoxy) is 2. The third-order valence-electron chi connectivity index (χ3n) is 5.16. The molecular formula is C19H24N4O3. The van der Waals surface area contributed by atoms with E-state index in [0.29, 0.717) is 31.0 Å². The largest absolute Gasteiger partial charge is 0.497 e. The van der Waals surface area contributed by atoms with E-state index in [2.05, 4.69) is 10.00 Å². The first-order valence-electron chi connectivity index (χ1n) is 8.90. The number of methoxy groups -OCH3 is 1. The van der Waals surface area contributed by atoms with Crippen LogP contribution in [-0.2, 0) is 18.3 Å². The monoisotopic (exact) mass is 356 g/mol. The van der Waals surface area contributed by atoms with Crippen LogP contribution < -0.4 is 4.74 Å². The summed E-state index contributed by atoms with van der Waals surface area (Å²) in [5.41, 5.74) is 1.84. The lowest BCUT2D eigenvalue weighted by molar-refractivity contribution is -0.0503. The predicted molar refractivity (Wildman–Crippen MR) is 96.0 cm³/mol. The number of likely N-dealkylation sites (tertiary alicyclic amines) is 1. The van der Waals surface area contributed by atoms with Crippen LogP contribution in [0.5, 0.6) is 5.75 Å². The van der Waals surface area contributed by atoms with Gasteiger partial charge in [-0.3, -0.25) is 14.4 Å². The van der Waals surface area contributed by atoms with Gasteiger partial charge in [0.25, 0.3) is 5.91 Å². The van der Waals surface area contributed by atoms with Crippen LogP contribution in [0.15, 0.2) is 36.7 Å². The van der Waals surface area contributed by atoms with Crippen LogP contribution in [-0.4, -0.2) is 71.0 Å². The molecule has 2 aliphatic heterocycles. The molecule has 2 aliphatic rings. The molecule has 138 valence electrons. The average Bonchev–Trinajstić information content (AvgIpc) is 3.28. The zero-order valence-corrected chi connectivity index (χ0v) is 15.2. The maximum Gasteiger partial charge on any atom is 0.254 e. The second-order valence-corrected chi connectivity index (χ2v) is 6.91. The molecule has 4 rings (SSSR count). The van der Waals surface area contributed by atoms with Crippen molar-refractivity contribution in [2.75, 3.05) is 33.4 Å². The highest BCUT2D eigenvalue weighted by Gasteiger charge is 2.42. The van der Waals surface area contributed by atoms with Gasteiger partial charge in [-0.05, 0) is 18.2 Å². The second-order valence-electron chi connectivity index (χ2n) is 6.91. The third kappa shape index (κ3) is 3.32. The molecule has 1 aromatic heterocycles. The van der Waals surface area contributed by atoms with E-state index in [-0.39, 0.29) is 18.1 Å². The molecule has 1 aromatic carbocycles. The Bertz CT molecular complexity index is 791. The Kier molecular flexibility index (Phi) is 4.65. The van der Waals surface area contributed by atoms with E-state index in [9.17, 15) is 4.79 Å². The summed E-state index contributed by atoms with van der Waals surface area (Å²) in [4.78, 5) is 17.2. The molecule has 2 atom stereocenters. The molecule has 26 heavy (non-hydrogen) atoms. The van der Waals surface area contributed by atoms with Crippen molar-refractivity contribution in [2.24, 2.45) is 7.05 Å². The number of rotatable bonds is 4. The Morgan fingerprint density at radius 1 is 1.38 bits per heavy atom. The minimum absolute atomic E-state index is 0.0308. The lowest BCUT2D eigenvalue weighted by atomic mass is 10.1. The molecule has 2 aromatic rings. The number of carbonyl (C=O) groups excluding carboxylic acids is 1. The summed E-state index contributed by atoms with van der Waals surface area (Å²) >= 11 is 0. The third-order valence-corrected chi connectivity index (χ3v) is 5.16. The van der Waals surface area contributed by atoms with Gasteiger partial charge >= 0.3 is 0 Å². The number of aromatic nitrogens is 2. The van der Waals surface area contributed by atoms with Crippen LogP contribution in [0.2, 0.25) is 0 Å². The smallest absolute Gasteiger partial charge is 0.254 e. The Hall–Kier alpha value is -2.38. The summed E-state index contributed by atoms with van der Waals surface area (Å²) in [5.74, 6) is 0.727. The van der Waals surface area contributed by atoms with Gasteiger partial charge in [-0.25, -0.2) is 0 Å². The highest BCUT2D eigenvalue weighted by Crippen LogP contribution is 2.26. The second kappa shape index (κ2) is 7.09. The van der Waals surface area contributed by atoms with Crippen molar-refractivity contribution in [3.05, 3.63) is 47.8 Å². The maximum absolute atomic E-state index is 12.9. The molecule has 0 spiro atoms. The number of carbonyl (C=O) groups is 1. The molecule has 7 nitrogen and oxygen atoms in total. The fourth-order valence-corrected chi connectivity index (χ4v) is 3.85. The van der Waals surface area contributed by atoms with E-state index in [1.807, 2.05) is 47.2 Å². The van der Waals surface area contributed by atoms with Gasteiger partial charge in [0.2, 0.25) is 0 Å². The molecule has 3 heterocycles. The molecule has 2 fully saturated rings. The summed E-state index contributed by atoms with van der Waals surface area (Å²) in [7, 11) is 3.54. The van der Waals surface area contributed by atoms with Gasteiger partial charge in [0.15, 0.2) is 0 Å². The SMILES string of the molecule is COc1cccc(C(=O)N2C[C@@H]3OCCN(Cc4cnn(C)c4)[C@@H]3C2)c1. The number of amides is 1. The number of hydrogen-bond donors (Lipinski definition) is 0. The molecule has 0 radical (unpaired) electrons. The lowest BCUT2D eigenvalue weighted by Crippen LogP contribution is -2.50. The fraction of sp³-hybridized carbons (Fsp3) is 0.474. The highest BCUT2D eigenvalue weighted by molar-refractivity contribution is 5.94. The van der Waals surface area contributed by atoms with E-state index >= 15 is 0 Å². The normalized spacial score (nSPS) is 23.1. The van der Waals surface area contributed by atoms with Gasteiger partial charge in [0.1, 0.15) is 5.75 Å². The summed E-state index contributed by atoms with van der Waals surface area (Å²) < 4.78 is 13.0. The molecule has 0 bridgehead atoms. The zero-order chi connectivity index (χ0) is 18.1. The molecule has 0 aliphatic carbocycles. The number of morpholine rings is 1. The fourth-order valence-electron chi connectivity index (χ4n) is 3.85. The van der Waals surface area contributed by atoms with Gasteiger partial charge in [-0.15, -0.1) is 0 Å². The molecule has 1 amide bonds. The maximum atomic E-state index is 12.9. The van der Waals surface area contributed by atoms with Crippen molar-refractivity contribution in [2.45, 2.75) is 18.7 Å². The van der Waals surface area contributed by atoms with Gasteiger partial charge in [0.05, 0.1) is 32.1 Å². The first kappa shape index (κ1) is 17.1. The van der Waals surface area contributed by atoms with Crippen LogP contribution in [0, 0.1) is 0 Å². The number of nitrogens with zero attached hydrogens (tertiary/aromatic N) is 4. The minimum Gasteiger partial charge on any atom is -0.497 e. The van der Waals surface area contributed by atoms with E-state index in [1.54, 1.807) is 13.2 Å². The van der Waals surface area contributed by atoms with Crippen molar-refractivity contribution in [3.63, 3.8) is 0 Å². The Balaban J connectivity index is 1.47. The molecular weight excluding hydrogens is 332 g/mol. The first-order chi connectivity index (χ1) is 12.6. The van der Waals surface area contributed by atoms with E-state index in [1.165, 1.54) is 5.56 Å². The summed E-state index contributed by atoms with van der Waals surface area (Å²) in [6.45, 7) is 3.71. The van der Waals surface area contributed by atoms with E-state index in [0.717, 1.165) is 13.1 Å².